The number of carboxylic acid groups (broad SMARTS) is 1. The molecule has 2 aromatic rings. The Hall–Kier alpha value is -3.02. The van der Waals surface area contributed by atoms with Gasteiger partial charge in [0.2, 0.25) is 0 Å². The maximum absolute atomic E-state index is 10.9. The number of aromatic carboxylic acids is 1. The largest absolute Gasteiger partial charge is 0.504 e. The fraction of sp³-hybridized carbons (Fsp3) is 0.0667. The highest BCUT2D eigenvalue weighted by atomic mass is 16.5. The number of carboxylic acids is 1. The van der Waals surface area contributed by atoms with Crippen molar-refractivity contribution in [2.24, 2.45) is 0 Å². The number of hydrogen-bond acceptors (Lipinski definition) is 5. The first-order valence-electron chi connectivity index (χ1n) is 5.92. The van der Waals surface area contributed by atoms with E-state index in [4.69, 9.17) is 14.6 Å². The molecule has 2 aromatic carbocycles. The van der Waals surface area contributed by atoms with Gasteiger partial charge in [-0.2, -0.15) is 0 Å². The molecule has 0 radical (unpaired) electrons. The minimum Gasteiger partial charge on any atom is -0.504 e. The van der Waals surface area contributed by atoms with Crippen LogP contribution in [0.1, 0.15) is 20.7 Å². The van der Waals surface area contributed by atoms with Crippen LogP contribution in [0.2, 0.25) is 0 Å². The molecule has 0 unspecified atom stereocenters. The maximum Gasteiger partial charge on any atom is 0.335 e. The second kappa shape index (κ2) is 5.96. The zero-order chi connectivity index (χ0) is 15.4. The number of aldehydes is 1. The van der Waals surface area contributed by atoms with Gasteiger partial charge in [0.25, 0.3) is 0 Å². The van der Waals surface area contributed by atoms with Crippen LogP contribution in [-0.2, 0) is 0 Å². The lowest BCUT2D eigenvalue weighted by Crippen LogP contribution is -1.98. The number of carbonyl (C=O) groups excluding carboxylic acids is 1. The zero-order valence-corrected chi connectivity index (χ0v) is 11.1. The number of ether oxygens (including phenoxy) is 2. The number of phenolic OH excluding ortho intramolecular Hbond substituents is 1. The van der Waals surface area contributed by atoms with Crippen molar-refractivity contribution < 1.29 is 29.3 Å². The highest BCUT2D eigenvalue weighted by Crippen LogP contribution is 2.36. The molecule has 0 heterocycles. The molecule has 6 heteroatoms. The van der Waals surface area contributed by atoms with Crippen LogP contribution in [0.4, 0.5) is 0 Å². The molecular formula is C15H12O6. The van der Waals surface area contributed by atoms with Crippen LogP contribution in [-0.4, -0.2) is 29.6 Å². The fourth-order valence-electron chi connectivity index (χ4n) is 1.70. The normalized spacial score (nSPS) is 9.95. The average molecular weight is 288 g/mol. The van der Waals surface area contributed by atoms with E-state index in [1.807, 2.05) is 0 Å². The van der Waals surface area contributed by atoms with Gasteiger partial charge in [0.1, 0.15) is 6.29 Å². The fourth-order valence-corrected chi connectivity index (χ4v) is 1.70. The summed E-state index contributed by atoms with van der Waals surface area (Å²) < 4.78 is 10.5. The van der Waals surface area contributed by atoms with Gasteiger partial charge in [-0.15, -0.1) is 0 Å². The van der Waals surface area contributed by atoms with Gasteiger partial charge >= 0.3 is 5.97 Å². The molecule has 0 saturated carbocycles. The third kappa shape index (κ3) is 3.11. The summed E-state index contributed by atoms with van der Waals surface area (Å²) in [4.78, 5) is 21.5. The quantitative estimate of drug-likeness (QED) is 0.822. The highest BCUT2D eigenvalue weighted by Gasteiger charge is 2.12. The number of carbonyl (C=O) groups is 2. The van der Waals surface area contributed by atoms with Crippen molar-refractivity contribution in [2.75, 3.05) is 7.11 Å². The summed E-state index contributed by atoms with van der Waals surface area (Å²) in [5, 5.41) is 18.7. The standard InChI is InChI=1S/C15H12O6/c1-20-14-7-10(15(18)19)3-5-13(14)21-12-4-2-9(8-16)6-11(12)17/h2-8,17H,1H3,(H,18,19). The lowest BCUT2D eigenvalue weighted by atomic mass is 10.2. The molecule has 0 aliphatic carbocycles. The van der Waals surface area contributed by atoms with Crippen LogP contribution in [0.3, 0.4) is 0 Å². The molecule has 0 aromatic heterocycles. The smallest absolute Gasteiger partial charge is 0.335 e. The molecule has 21 heavy (non-hydrogen) atoms. The van der Waals surface area contributed by atoms with Gasteiger partial charge in [0.15, 0.2) is 23.0 Å². The second-order valence-corrected chi connectivity index (χ2v) is 4.12. The van der Waals surface area contributed by atoms with E-state index in [-0.39, 0.29) is 28.6 Å². The molecule has 2 N–H and O–H groups in total. The van der Waals surface area contributed by atoms with E-state index in [0.717, 1.165) is 0 Å². The number of rotatable bonds is 5. The lowest BCUT2D eigenvalue weighted by molar-refractivity contribution is 0.0696. The van der Waals surface area contributed by atoms with Crippen molar-refractivity contribution in [2.45, 2.75) is 0 Å². The van der Waals surface area contributed by atoms with E-state index in [1.54, 1.807) is 0 Å². The molecule has 0 amide bonds. The summed E-state index contributed by atoms with van der Waals surface area (Å²) in [6, 6.07) is 8.28. The number of benzene rings is 2. The molecule has 0 spiro atoms. The van der Waals surface area contributed by atoms with Crippen LogP contribution in [0.15, 0.2) is 36.4 Å². The number of methoxy groups -OCH3 is 1. The Balaban J connectivity index is 2.35. The number of hydrogen-bond donors (Lipinski definition) is 2. The topological polar surface area (TPSA) is 93.1 Å². The van der Waals surface area contributed by atoms with Crippen molar-refractivity contribution in [3.05, 3.63) is 47.5 Å². The molecule has 0 atom stereocenters. The van der Waals surface area contributed by atoms with Crippen LogP contribution in [0, 0.1) is 0 Å². The van der Waals surface area contributed by atoms with Crippen LogP contribution >= 0.6 is 0 Å². The zero-order valence-electron chi connectivity index (χ0n) is 11.1. The van der Waals surface area contributed by atoms with E-state index in [2.05, 4.69) is 0 Å². The van der Waals surface area contributed by atoms with Gasteiger partial charge in [0.05, 0.1) is 12.7 Å². The Kier molecular flexibility index (Phi) is 4.08. The van der Waals surface area contributed by atoms with Crippen LogP contribution in [0.25, 0.3) is 0 Å². The van der Waals surface area contributed by atoms with Crippen molar-refractivity contribution >= 4 is 12.3 Å². The summed E-state index contributed by atoms with van der Waals surface area (Å²) in [6.45, 7) is 0. The predicted molar refractivity (Wildman–Crippen MR) is 73.5 cm³/mol. The van der Waals surface area contributed by atoms with E-state index in [9.17, 15) is 14.7 Å². The SMILES string of the molecule is COc1cc(C(=O)O)ccc1Oc1ccc(C=O)cc1O. The van der Waals surface area contributed by atoms with Gasteiger partial charge in [-0.3, -0.25) is 4.79 Å². The monoisotopic (exact) mass is 288 g/mol. The summed E-state index contributed by atoms with van der Waals surface area (Å²) in [7, 11) is 1.38. The molecule has 6 nitrogen and oxygen atoms in total. The van der Waals surface area contributed by atoms with Gasteiger partial charge < -0.3 is 19.7 Å². The van der Waals surface area contributed by atoms with Gasteiger partial charge in [-0.25, -0.2) is 4.79 Å². The minimum absolute atomic E-state index is 0.0553. The second-order valence-electron chi connectivity index (χ2n) is 4.12. The molecule has 0 bridgehead atoms. The van der Waals surface area contributed by atoms with Crippen molar-refractivity contribution in [3.8, 4) is 23.0 Å². The first-order valence-corrected chi connectivity index (χ1v) is 5.92. The van der Waals surface area contributed by atoms with Crippen molar-refractivity contribution in [3.63, 3.8) is 0 Å². The number of aromatic hydroxyl groups is 1. The Bertz CT molecular complexity index is 693. The van der Waals surface area contributed by atoms with Gasteiger partial charge in [-0.05, 0) is 36.4 Å². The summed E-state index contributed by atoms with van der Waals surface area (Å²) in [5.74, 6) is -0.700. The maximum atomic E-state index is 10.9. The minimum atomic E-state index is -1.09. The predicted octanol–water partition coefficient (Wildman–Crippen LogP) is 2.70. The first-order chi connectivity index (χ1) is 10.0. The third-order valence-electron chi connectivity index (χ3n) is 2.75. The summed E-state index contributed by atoms with van der Waals surface area (Å²) in [5.41, 5.74) is 0.368. The van der Waals surface area contributed by atoms with Crippen LogP contribution in [0.5, 0.6) is 23.0 Å². The van der Waals surface area contributed by atoms with E-state index < -0.39 is 5.97 Å². The molecule has 0 aliphatic heterocycles. The number of phenols is 1. The average Bonchev–Trinajstić information content (AvgIpc) is 2.49. The molecular weight excluding hydrogens is 276 g/mol. The first kappa shape index (κ1) is 14.4. The molecule has 0 saturated heterocycles. The Morgan fingerprint density at radius 2 is 1.81 bits per heavy atom. The molecule has 0 aliphatic rings. The van der Waals surface area contributed by atoms with Gasteiger partial charge in [-0.1, -0.05) is 0 Å². The third-order valence-corrected chi connectivity index (χ3v) is 2.75. The van der Waals surface area contributed by atoms with Crippen molar-refractivity contribution in [1.29, 1.82) is 0 Å². The van der Waals surface area contributed by atoms with Crippen LogP contribution < -0.4 is 9.47 Å². The lowest BCUT2D eigenvalue weighted by Gasteiger charge is -2.12. The Morgan fingerprint density at radius 1 is 1.10 bits per heavy atom. The van der Waals surface area contributed by atoms with E-state index >= 15 is 0 Å². The van der Waals surface area contributed by atoms with E-state index in [0.29, 0.717) is 11.8 Å². The molecule has 0 fully saturated rings. The van der Waals surface area contributed by atoms with Crippen molar-refractivity contribution in [1.82, 2.24) is 0 Å². The van der Waals surface area contributed by atoms with E-state index in [1.165, 1.54) is 43.5 Å². The summed E-state index contributed by atoms with van der Waals surface area (Å²) >= 11 is 0. The van der Waals surface area contributed by atoms with Gasteiger partial charge in [0, 0.05) is 5.56 Å². The Labute approximate surface area is 120 Å². The summed E-state index contributed by atoms with van der Waals surface area (Å²) in [6.07, 6.45) is 0.603. The molecule has 108 valence electrons. The molecule has 2 rings (SSSR count). The Morgan fingerprint density at radius 3 is 2.38 bits per heavy atom. The highest BCUT2D eigenvalue weighted by molar-refractivity contribution is 5.88.